The Kier molecular flexibility index (Phi) is 4.97. The molecule has 2 unspecified atom stereocenters. The molecule has 0 heterocycles. The maximum atomic E-state index is 12.3. The Morgan fingerprint density at radius 3 is 2.84 bits per heavy atom. The van der Waals surface area contributed by atoms with E-state index in [9.17, 15) is 4.79 Å². The normalized spacial score (nSPS) is 19.6. The van der Waals surface area contributed by atoms with Crippen molar-refractivity contribution in [2.45, 2.75) is 45.1 Å². The van der Waals surface area contributed by atoms with Crippen molar-refractivity contribution in [3.05, 3.63) is 35.4 Å². The predicted octanol–water partition coefficient (Wildman–Crippen LogP) is 2.04. The van der Waals surface area contributed by atoms with Gasteiger partial charge in [-0.3, -0.25) is 4.79 Å². The topological polar surface area (TPSA) is 55.1 Å². The molecule has 0 saturated carbocycles. The molecule has 0 radical (unpaired) electrons. The molecule has 1 aromatic rings. The number of fused-ring (bicyclic) bond motifs is 1. The standard InChI is InChI=1S/C16H24N2O/c1-2-15(9-10-17)18-16(19)14-8-7-12-5-3-4-6-13(12)11-14/h3-6,14-15H,2,7-11,17H2,1H3,(H,18,19). The summed E-state index contributed by atoms with van der Waals surface area (Å²) >= 11 is 0. The summed E-state index contributed by atoms with van der Waals surface area (Å²) in [7, 11) is 0. The van der Waals surface area contributed by atoms with Crippen LogP contribution in [-0.4, -0.2) is 18.5 Å². The summed E-state index contributed by atoms with van der Waals surface area (Å²) in [6.45, 7) is 2.73. The monoisotopic (exact) mass is 260 g/mol. The fraction of sp³-hybridized carbons (Fsp3) is 0.562. The average molecular weight is 260 g/mol. The van der Waals surface area contributed by atoms with Gasteiger partial charge in [0.15, 0.2) is 0 Å². The highest BCUT2D eigenvalue weighted by atomic mass is 16.1. The van der Waals surface area contributed by atoms with Crippen LogP contribution in [0.5, 0.6) is 0 Å². The first-order chi connectivity index (χ1) is 9.24. The number of benzene rings is 1. The molecule has 1 amide bonds. The van der Waals surface area contributed by atoms with Crippen molar-refractivity contribution >= 4 is 5.91 Å². The third-order valence-corrected chi connectivity index (χ3v) is 4.07. The zero-order chi connectivity index (χ0) is 13.7. The Balaban J connectivity index is 1.95. The Labute approximate surface area is 115 Å². The van der Waals surface area contributed by atoms with Crippen LogP contribution >= 0.6 is 0 Å². The van der Waals surface area contributed by atoms with Crippen LogP contribution in [0.25, 0.3) is 0 Å². The van der Waals surface area contributed by atoms with Crippen LogP contribution in [0.4, 0.5) is 0 Å². The van der Waals surface area contributed by atoms with Gasteiger partial charge in [-0.1, -0.05) is 31.2 Å². The number of nitrogens with one attached hydrogen (secondary N) is 1. The Bertz CT molecular complexity index is 431. The Morgan fingerprint density at radius 1 is 1.42 bits per heavy atom. The second-order valence-electron chi connectivity index (χ2n) is 5.40. The van der Waals surface area contributed by atoms with E-state index in [0.717, 1.165) is 32.1 Å². The number of carbonyl (C=O) groups excluding carboxylic acids is 1. The lowest BCUT2D eigenvalue weighted by Gasteiger charge is -2.26. The molecule has 0 aromatic heterocycles. The molecule has 104 valence electrons. The molecule has 19 heavy (non-hydrogen) atoms. The molecule has 1 aliphatic carbocycles. The van der Waals surface area contributed by atoms with Crippen molar-refractivity contribution < 1.29 is 4.79 Å². The van der Waals surface area contributed by atoms with Gasteiger partial charge in [-0.05, 0) is 49.8 Å². The van der Waals surface area contributed by atoms with E-state index in [1.165, 1.54) is 11.1 Å². The van der Waals surface area contributed by atoms with E-state index in [0.29, 0.717) is 6.54 Å². The Hall–Kier alpha value is -1.35. The number of carbonyl (C=O) groups is 1. The smallest absolute Gasteiger partial charge is 0.223 e. The second-order valence-corrected chi connectivity index (χ2v) is 5.40. The molecular formula is C16H24N2O. The van der Waals surface area contributed by atoms with E-state index in [-0.39, 0.29) is 17.9 Å². The zero-order valence-electron chi connectivity index (χ0n) is 11.7. The van der Waals surface area contributed by atoms with Crippen LogP contribution in [0.2, 0.25) is 0 Å². The van der Waals surface area contributed by atoms with Crippen LogP contribution in [0.3, 0.4) is 0 Å². The molecule has 2 rings (SSSR count). The molecule has 3 nitrogen and oxygen atoms in total. The van der Waals surface area contributed by atoms with Crippen LogP contribution in [0.1, 0.15) is 37.3 Å². The summed E-state index contributed by atoms with van der Waals surface area (Å²) in [5.41, 5.74) is 8.31. The summed E-state index contributed by atoms with van der Waals surface area (Å²) in [6.07, 6.45) is 4.67. The maximum absolute atomic E-state index is 12.3. The van der Waals surface area contributed by atoms with E-state index >= 15 is 0 Å². The summed E-state index contributed by atoms with van der Waals surface area (Å²) in [5.74, 6) is 0.330. The number of rotatable bonds is 5. The van der Waals surface area contributed by atoms with Gasteiger partial charge in [0.2, 0.25) is 5.91 Å². The van der Waals surface area contributed by atoms with E-state index in [1.54, 1.807) is 0 Å². The van der Waals surface area contributed by atoms with Gasteiger partial charge in [-0.2, -0.15) is 0 Å². The number of aryl methyl sites for hydroxylation is 1. The summed E-state index contributed by atoms with van der Waals surface area (Å²) in [5, 5.41) is 3.15. The molecule has 1 aliphatic rings. The van der Waals surface area contributed by atoms with Crippen molar-refractivity contribution in [1.82, 2.24) is 5.32 Å². The van der Waals surface area contributed by atoms with Gasteiger partial charge >= 0.3 is 0 Å². The number of hydrogen-bond acceptors (Lipinski definition) is 2. The first-order valence-corrected chi connectivity index (χ1v) is 7.31. The molecular weight excluding hydrogens is 236 g/mol. The zero-order valence-corrected chi connectivity index (χ0v) is 11.7. The first-order valence-electron chi connectivity index (χ1n) is 7.31. The molecule has 0 bridgehead atoms. The van der Waals surface area contributed by atoms with Crippen LogP contribution in [0, 0.1) is 5.92 Å². The number of amides is 1. The molecule has 3 N–H and O–H groups in total. The van der Waals surface area contributed by atoms with Gasteiger partial charge in [0, 0.05) is 12.0 Å². The lowest BCUT2D eigenvalue weighted by Crippen LogP contribution is -2.41. The minimum atomic E-state index is 0.127. The first kappa shape index (κ1) is 14.1. The van der Waals surface area contributed by atoms with Gasteiger partial charge in [0.1, 0.15) is 0 Å². The van der Waals surface area contributed by atoms with Crippen LogP contribution in [0.15, 0.2) is 24.3 Å². The summed E-state index contributed by atoms with van der Waals surface area (Å²) < 4.78 is 0. The van der Waals surface area contributed by atoms with E-state index in [1.807, 2.05) is 0 Å². The summed E-state index contributed by atoms with van der Waals surface area (Å²) in [6, 6.07) is 8.68. The highest BCUT2D eigenvalue weighted by Crippen LogP contribution is 2.25. The minimum absolute atomic E-state index is 0.127. The van der Waals surface area contributed by atoms with E-state index in [4.69, 9.17) is 5.73 Å². The van der Waals surface area contributed by atoms with Crippen molar-refractivity contribution in [2.75, 3.05) is 6.54 Å². The van der Waals surface area contributed by atoms with Gasteiger partial charge in [0.25, 0.3) is 0 Å². The van der Waals surface area contributed by atoms with E-state index < -0.39 is 0 Å². The summed E-state index contributed by atoms with van der Waals surface area (Å²) in [4.78, 5) is 12.3. The molecule has 1 aromatic carbocycles. The molecule has 0 fully saturated rings. The highest BCUT2D eigenvalue weighted by molar-refractivity contribution is 5.79. The van der Waals surface area contributed by atoms with Gasteiger partial charge in [0.05, 0.1) is 0 Å². The van der Waals surface area contributed by atoms with Crippen molar-refractivity contribution in [1.29, 1.82) is 0 Å². The fourth-order valence-corrected chi connectivity index (χ4v) is 2.82. The average Bonchev–Trinajstić information content (AvgIpc) is 2.46. The lowest BCUT2D eigenvalue weighted by atomic mass is 9.83. The highest BCUT2D eigenvalue weighted by Gasteiger charge is 2.25. The number of nitrogens with two attached hydrogens (primary N) is 1. The van der Waals surface area contributed by atoms with Crippen molar-refractivity contribution in [2.24, 2.45) is 11.7 Å². The largest absolute Gasteiger partial charge is 0.353 e. The third-order valence-electron chi connectivity index (χ3n) is 4.07. The van der Waals surface area contributed by atoms with Crippen LogP contribution < -0.4 is 11.1 Å². The molecule has 0 spiro atoms. The van der Waals surface area contributed by atoms with E-state index in [2.05, 4.69) is 36.5 Å². The lowest BCUT2D eigenvalue weighted by molar-refractivity contribution is -0.126. The van der Waals surface area contributed by atoms with Crippen LogP contribution in [-0.2, 0) is 17.6 Å². The third kappa shape index (κ3) is 3.57. The SMILES string of the molecule is CCC(CCN)NC(=O)C1CCc2ccccc2C1. The van der Waals surface area contributed by atoms with Crippen molar-refractivity contribution in [3.8, 4) is 0 Å². The van der Waals surface area contributed by atoms with Gasteiger partial charge in [-0.15, -0.1) is 0 Å². The molecule has 2 atom stereocenters. The fourth-order valence-electron chi connectivity index (χ4n) is 2.82. The minimum Gasteiger partial charge on any atom is -0.353 e. The predicted molar refractivity (Wildman–Crippen MR) is 77.9 cm³/mol. The maximum Gasteiger partial charge on any atom is 0.223 e. The molecule has 0 saturated heterocycles. The molecule has 3 heteroatoms. The number of hydrogen-bond donors (Lipinski definition) is 2. The quantitative estimate of drug-likeness (QED) is 0.851. The Morgan fingerprint density at radius 2 is 2.16 bits per heavy atom. The van der Waals surface area contributed by atoms with Gasteiger partial charge < -0.3 is 11.1 Å². The molecule has 0 aliphatic heterocycles. The second kappa shape index (κ2) is 6.71. The van der Waals surface area contributed by atoms with Crippen molar-refractivity contribution in [3.63, 3.8) is 0 Å². The van der Waals surface area contributed by atoms with Gasteiger partial charge in [-0.25, -0.2) is 0 Å².